The van der Waals surface area contributed by atoms with Crippen LogP contribution < -0.4 is 4.90 Å². The molecule has 1 aromatic rings. The fraction of sp³-hybridized carbons (Fsp3) is 0.429. The van der Waals surface area contributed by atoms with Gasteiger partial charge in [-0.2, -0.15) is 5.26 Å². The van der Waals surface area contributed by atoms with Gasteiger partial charge < -0.3 is 10.0 Å². The number of carboxylic acids is 1. The van der Waals surface area contributed by atoms with Crippen LogP contribution in [0.3, 0.4) is 0 Å². The number of nitriles is 1. The lowest BCUT2D eigenvalue weighted by atomic mass is 9.91. The molecule has 0 radical (unpaired) electrons. The summed E-state index contributed by atoms with van der Waals surface area (Å²) in [5.74, 6) is -1.68. The van der Waals surface area contributed by atoms with Crippen LogP contribution >= 0.6 is 0 Å². The Morgan fingerprint density at radius 2 is 2.32 bits per heavy atom. The molecular formula is C14H15FN2O2. The Kier molecular flexibility index (Phi) is 3.70. The van der Waals surface area contributed by atoms with Crippen LogP contribution in [0, 0.1) is 23.1 Å². The van der Waals surface area contributed by atoms with Gasteiger partial charge in [0.1, 0.15) is 17.4 Å². The zero-order chi connectivity index (χ0) is 14.0. The van der Waals surface area contributed by atoms with Crippen molar-refractivity contribution in [2.75, 3.05) is 11.4 Å². The summed E-state index contributed by atoms with van der Waals surface area (Å²) in [5, 5.41) is 18.1. The highest BCUT2D eigenvalue weighted by Crippen LogP contribution is 2.31. The number of anilines is 1. The van der Waals surface area contributed by atoms with Crippen molar-refractivity contribution in [1.29, 1.82) is 5.26 Å². The van der Waals surface area contributed by atoms with E-state index in [1.165, 1.54) is 6.07 Å². The number of halogens is 1. The van der Waals surface area contributed by atoms with Crippen molar-refractivity contribution in [2.24, 2.45) is 5.92 Å². The van der Waals surface area contributed by atoms with Crippen LogP contribution in [0.15, 0.2) is 18.2 Å². The van der Waals surface area contributed by atoms with Gasteiger partial charge in [-0.15, -0.1) is 0 Å². The molecule has 2 atom stereocenters. The highest BCUT2D eigenvalue weighted by atomic mass is 19.1. The van der Waals surface area contributed by atoms with E-state index in [0.29, 0.717) is 25.1 Å². The minimum atomic E-state index is -0.786. The molecule has 1 aliphatic heterocycles. The summed E-state index contributed by atoms with van der Waals surface area (Å²) >= 11 is 0. The first-order valence-electron chi connectivity index (χ1n) is 6.22. The molecule has 1 heterocycles. The van der Waals surface area contributed by atoms with Crippen LogP contribution in [0.4, 0.5) is 10.1 Å². The number of piperidine rings is 1. The van der Waals surface area contributed by atoms with Gasteiger partial charge in [0.25, 0.3) is 0 Å². The number of hydrogen-bond donors (Lipinski definition) is 1. The average Bonchev–Trinajstić information content (AvgIpc) is 2.38. The van der Waals surface area contributed by atoms with Gasteiger partial charge in [0, 0.05) is 12.6 Å². The Labute approximate surface area is 111 Å². The maximum Gasteiger partial charge on any atom is 0.306 e. The van der Waals surface area contributed by atoms with Crippen LogP contribution in [0.5, 0.6) is 0 Å². The number of carboxylic acid groups (broad SMARTS) is 1. The van der Waals surface area contributed by atoms with E-state index < -0.39 is 11.8 Å². The summed E-state index contributed by atoms with van der Waals surface area (Å²) in [5.41, 5.74) is 0.585. The maximum atomic E-state index is 13.6. The van der Waals surface area contributed by atoms with E-state index in [1.54, 1.807) is 12.1 Å². The van der Waals surface area contributed by atoms with E-state index in [4.69, 9.17) is 10.4 Å². The van der Waals surface area contributed by atoms with Crippen molar-refractivity contribution < 1.29 is 14.3 Å². The van der Waals surface area contributed by atoms with Crippen molar-refractivity contribution in [3.63, 3.8) is 0 Å². The maximum absolute atomic E-state index is 13.6. The second kappa shape index (κ2) is 5.27. The second-order valence-electron chi connectivity index (χ2n) is 4.85. The highest BCUT2D eigenvalue weighted by Gasteiger charge is 2.31. The number of rotatable bonds is 2. The van der Waals surface area contributed by atoms with Crippen LogP contribution in [0.25, 0.3) is 0 Å². The molecule has 0 saturated carbocycles. The smallest absolute Gasteiger partial charge is 0.306 e. The van der Waals surface area contributed by atoms with Crippen LogP contribution in [-0.2, 0) is 4.79 Å². The molecule has 0 aliphatic carbocycles. The molecule has 5 heteroatoms. The number of nitrogens with zero attached hydrogens (tertiary/aromatic N) is 2. The first-order chi connectivity index (χ1) is 9.04. The number of hydrogen-bond acceptors (Lipinski definition) is 3. The van der Waals surface area contributed by atoms with Gasteiger partial charge in [0.2, 0.25) is 0 Å². The molecule has 4 nitrogen and oxygen atoms in total. The lowest BCUT2D eigenvalue weighted by Crippen LogP contribution is -2.43. The van der Waals surface area contributed by atoms with Gasteiger partial charge >= 0.3 is 5.97 Å². The minimum Gasteiger partial charge on any atom is -0.481 e. The summed E-state index contributed by atoms with van der Waals surface area (Å²) in [6.07, 6.45) is 1.03. The molecule has 19 heavy (non-hydrogen) atoms. The van der Waals surface area contributed by atoms with E-state index in [9.17, 15) is 9.18 Å². The molecule has 1 saturated heterocycles. The summed E-state index contributed by atoms with van der Waals surface area (Å²) in [7, 11) is 0. The first-order valence-corrected chi connectivity index (χ1v) is 6.22. The summed E-state index contributed by atoms with van der Waals surface area (Å²) in [4.78, 5) is 12.9. The topological polar surface area (TPSA) is 64.3 Å². The lowest BCUT2D eigenvalue weighted by Gasteiger charge is -2.38. The zero-order valence-corrected chi connectivity index (χ0v) is 10.6. The molecule has 1 fully saturated rings. The van der Waals surface area contributed by atoms with Crippen molar-refractivity contribution >= 4 is 11.7 Å². The average molecular weight is 262 g/mol. The largest absolute Gasteiger partial charge is 0.481 e. The Morgan fingerprint density at radius 1 is 1.58 bits per heavy atom. The first kappa shape index (κ1) is 13.3. The predicted octanol–water partition coefficient (Wildman–Crippen LogP) is 2.39. The standard InChI is InChI=1S/C14H15FN2O2/c1-9-7-10(14(18)19)5-6-17(9)13-4-2-3-12(15)11(13)8-16/h2-4,9-10H,5-7H2,1H3,(H,18,19). The second-order valence-corrected chi connectivity index (χ2v) is 4.85. The van der Waals surface area contributed by atoms with Gasteiger partial charge in [-0.25, -0.2) is 4.39 Å². The normalized spacial score (nSPS) is 22.9. The number of carbonyl (C=O) groups is 1. The van der Waals surface area contributed by atoms with Crippen LogP contribution in [-0.4, -0.2) is 23.7 Å². The van der Waals surface area contributed by atoms with E-state index in [2.05, 4.69) is 0 Å². The fourth-order valence-corrected chi connectivity index (χ4v) is 2.62. The van der Waals surface area contributed by atoms with Crippen molar-refractivity contribution in [3.05, 3.63) is 29.6 Å². The molecule has 2 unspecified atom stereocenters. The number of benzene rings is 1. The Balaban J connectivity index is 2.27. The Hall–Kier alpha value is -2.09. The highest BCUT2D eigenvalue weighted by molar-refractivity contribution is 5.71. The SMILES string of the molecule is CC1CC(C(=O)O)CCN1c1cccc(F)c1C#N. The minimum absolute atomic E-state index is 0.0243. The third kappa shape index (κ3) is 2.53. The number of aliphatic carboxylic acids is 1. The quantitative estimate of drug-likeness (QED) is 0.888. The van der Waals surface area contributed by atoms with Gasteiger partial charge in [-0.1, -0.05) is 6.07 Å². The van der Waals surface area contributed by atoms with Gasteiger partial charge in [0.05, 0.1) is 11.6 Å². The summed E-state index contributed by atoms with van der Waals surface area (Å²) in [6, 6.07) is 6.40. The molecule has 0 spiro atoms. The van der Waals surface area contributed by atoms with Gasteiger partial charge in [-0.3, -0.25) is 4.79 Å². The molecule has 100 valence electrons. The molecule has 0 aromatic heterocycles. The van der Waals surface area contributed by atoms with Crippen molar-refractivity contribution in [1.82, 2.24) is 0 Å². The lowest BCUT2D eigenvalue weighted by molar-refractivity contribution is -0.142. The molecule has 1 N–H and O–H groups in total. The Morgan fingerprint density at radius 3 is 2.89 bits per heavy atom. The van der Waals surface area contributed by atoms with Crippen LogP contribution in [0.1, 0.15) is 25.3 Å². The molecular weight excluding hydrogens is 247 g/mol. The summed E-state index contributed by atoms with van der Waals surface area (Å²) in [6.45, 7) is 2.43. The fourth-order valence-electron chi connectivity index (χ4n) is 2.62. The van der Waals surface area contributed by atoms with E-state index >= 15 is 0 Å². The van der Waals surface area contributed by atoms with Gasteiger partial charge in [0.15, 0.2) is 0 Å². The monoisotopic (exact) mass is 262 g/mol. The van der Waals surface area contributed by atoms with Crippen molar-refractivity contribution in [3.8, 4) is 6.07 Å². The molecule has 0 amide bonds. The summed E-state index contributed by atoms with van der Waals surface area (Å²) < 4.78 is 13.6. The third-order valence-electron chi connectivity index (χ3n) is 3.64. The van der Waals surface area contributed by atoms with Crippen LogP contribution in [0.2, 0.25) is 0 Å². The van der Waals surface area contributed by atoms with Gasteiger partial charge in [-0.05, 0) is 31.9 Å². The molecule has 1 aliphatic rings. The Bertz CT molecular complexity index is 539. The third-order valence-corrected chi connectivity index (χ3v) is 3.64. The zero-order valence-electron chi connectivity index (χ0n) is 10.6. The molecule has 0 bridgehead atoms. The van der Waals surface area contributed by atoms with E-state index in [0.717, 1.165) is 0 Å². The molecule has 2 rings (SSSR count). The van der Waals surface area contributed by atoms with E-state index in [1.807, 2.05) is 17.9 Å². The molecule has 1 aromatic carbocycles. The van der Waals surface area contributed by atoms with E-state index in [-0.39, 0.29) is 17.5 Å². The van der Waals surface area contributed by atoms with Crippen molar-refractivity contribution in [2.45, 2.75) is 25.8 Å². The predicted molar refractivity (Wildman–Crippen MR) is 68.3 cm³/mol.